The molecule has 0 amide bonds. The van der Waals surface area contributed by atoms with Crippen molar-refractivity contribution in [2.45, 2.75) is 37.6 Å². The molecule has 1 unspecified atom stereocenters. The Morgan fingerprint density at radius 2 is 1.89 bits per heavy atom. The monoisotopic (exact) mass is 688 g/mol. The van der Waals surface area contributed by atoms with Gasteiger partial charge in [0.2, 0.25) is 16.5 Å². The van der Waals surface area contributed by atoms with Crippen LogP contribution in [-0.2, 0) is 4.74 Å². The van der Waals surface area contributed by atoms with Crippen LogP contribution >= 0.6 is 36.0 Å². The maximum atomic E-state index is 12.6. The van der Waals surface area contributed by atoms with E-state index in [4.69, 9.17) is 56.1 Å². The summed E-state index contributed by atoms with van der Waals surface area (Å²) in [5.41, 5.74) is 8.40. The third-order valence-corrected chi connectivity index (χ3v) is 7.78. The molecule has 4 aromatic rings. The topological polar surface area (TPSA) is 263 Å². The summed E-state index contributed by atoms with van der Waals surface area (Å²) in [7, 11) is 0. The highest BCUT2D eigenvalue weighted by Gasteiger charge is 2.37. The molecule has 238 valence electrons. The Balaban J connectivity index is 0.000000193. The van der Waals surface area contributed by atoms with Crippen LogP contribution in [-0.4, -0.2) is 58.3 Å². The summed E-state index contributed by atoms with van der Waals surface area (Å²) in [4.78, 5) is 63.0. The van der Waals surface area contributed by atoms with Gasteiger partial charge >= 0.3 is 5.69 Å². The maximum absolute atomic E-state index is 12.6. The molecular weight excluding hydrogens is 668 g/mol. The normalized spacial score (nSPS) is 19.5. The molecule has 0 bridgehead atoms. The predicted molar refractivity (Wildman–Crippen MR) is 165 cm³/mol. The van der Waals surface area contributed by atoms with Crippen molar-refractivity contribution in [3.63, 3.8) is 0 Å². The van der Waals surface area contributed by atoms with E-state index >= 15 is 0 Å². The number of H-pyrrole nitrogens is 4. The molecule has 4 atom stereocenters. The fourth-order valence-corrected chi connectivity index (χ4v) is 5.69. The molecule has 21 heteroatoms. The largest absolute Gasteiger partial charge is 0.422 e. The molecule has 46 heavy (non-hydrogen) atoms. The Morgan fingerprint density at radius 1 is 1.17 bits per heavy atom. The molecule has 2 aliphatic rings. The number of nitro groups is 1. The number of fused-ring (bicyclic) bond motifs is 2. The summed E-state index contributed by atoms with van der Waals surface area (Å²) >= 11 is 16.4. The van der Waals surface area contributed by atoms with E-state index in [0.717, 1.165) is 0 Å². The van der Waals surface area contributed by atoms with E-state index in [2.05, 4.69) is 34.9 Å². The molecular formula is C25H21ClN10O8S2. The molecule has 0 saturated carbocycles. The van der Waals surface area contributed by atoms with Crippen LogP contribution in [0.25, 0.3) is 10.4 Å². The first-order valence-corrected chi connectivity index (χ1v) is 14.3. The van der Waals surface area contributed by atoms with Crippen molar-refractivity contribution < 1.29 is 19.5 Å². The van der Waals surface area contributed by atoms with Crippen molar-refractivity contribution in [1.82, 2.24) is 29.5 Å². The first-order chi connectivity index (χ1) is 21.9. The van der Waals surface area contributed by atoms with Crippen molar-refractivity contribution in [2.75, 3.05) is 6.61 Å². The molecule has 1 saturated heterocycles. The molecule has 3 aromatic heterocycles. The molecule has 0 aliphatic carbocycles. The number of nitrogens with zero attached hydrogens (tertiary/aromatic N) is 6. The number of hydrogen-bond acceptors (Lipinski definition) is 12. The van der Waals surface area contributed by atoms with Gasteiger partial charge in [0, 0.05) is 35.2 Å². The summed E-state index contributed by atoms with van der Waals surface area (Å²) in [6.45, 7) is 1.26. The Labute approximate surface area is 270 Å². The van der Waals surface area contributed by atoms with Crippen LogP contribution in [0.3, 0.4) is 0 Å². The summed E-state index contributed by atoms with van der Waals surface area (Å²) in [6.07, 6.45) is 0.329. The average Bonchev–Trinajstić information content (AvgIpc) is 3.40. The lowest BCUT2D eigenvalue weighted by molar-refractivity contribution is -0.384. The van der Waals surface area contributed by atoms with Gasteiger partial charge in [-0.2, -0.15) is 4.98 Å². The van der Waals surface area contributed by atoms with Gasteiger partial charge in [0.1, 0.15) is 11.4 Å². The average molecular weight is 689 g/mol. The third-order valence-electron chi connectivity index (χ3n) is 7.08. The van der Waals surface area contributed by atoms with Crippen LogP contribution < -0.4 is 21.5 Å². The van der Waals surface area contributed by atoms with E-state index in [9.17, 15) is 24.5 Å². The van der Waals surface area contributed by atoms with E-state index in [1.165, 1.54) is 22.9 Å². The number of benzene rings is 1. The van der Waals surface area contributed by atoms with E-state index < -0.39 is 46.0 Å². The van der Waals surface area contributed by atoms with Gasteiger partial charge in [0.15, 0.2) is 4.77 Å². The minimum atomic E-state index is -0.702. The SMILES string of the molecule is Cc1cn([C@H]2C[C@H](N=[N+]=[N-])[C@@H](CO)O2)c(=O)[nH]c1=O.O=c1[nH]c(=S)[nH]c2c1C(c1ccc([N+](=O)[O-])cc1)c1c(nc(=S)[nH]c1Cl)O2. The highest BCUT2D eigenvalue weighted by molar-refractivity contribution is 7.71. The van der Waals surface area contributed by atoms with E-state index in [1.54, 1.807) is 19.1 Å². The van der Waals surface area contributed by atoms with E-state index in [0.29, 0.717) is 16.7 Å². The molecule has 0 spiro atoms. The van der Waals surface area contributed by atoms with Crippen molar-refractivity contribution in [2.24, 2.45) is 5.11 Å². The smallest absolute Gasteiger partial charge is 0.330 e. The van der Waals surface area contributed by atoms with Crippen LogP contribution in [0.5, 0.6) is 11.8 Å². The Kier molecular flexibility index (Phi) is 9.28. The summed E-state index contributed by atoms with van der Waals surface area (Å²) in [5.74, 6) is -0.466. The number of azide groups is 1. The summed E-state index contributed by atoms with van der Waals surface area (Å²) in [5, 5.41) is 23.8. The molecule has 1 fully saturated rings. The number of aromatic amines is 4. The van der Waals surface area contributed by atoms with Crippen LogP contribution in [0.15, 0.2) is 50.0 Å². The van der Waals surface area contributed by atoms with Gasteiger partial charge in [0.05, 0.1) is 40.7 Å². The second-order valence-electron chi connectivity index (χ2n) is 9.91. The minimum Gasteiger partial charge on any atom is -0.422 e. The lowest BCUT2D eigenvalue weighted by atomic mass is 9.86. The van der Waals surface area contributed by atoms with Crippen molar-refractivity contribution in [1.29, 1.82) is 0 Å². The van der Waals surface area contributed by atoms with Crippen LogP contribution in [0.1, 0.15) is 40.8 Å². The number of ether oxygens (including phenoxy) is 2. The second-order valence-corrected chi connectivity index (χ2v) is 11.1. The lowest BCUT2D eigenvalue weighted by Crippen LogP contribution is -2.33. The van der Waals surface area contributed by atoms with Crippen molar-refractivity contribution in [3.05, 3.63) is 119 Å². The third kappa shape index (κ3) is 6.38. The highest BCUT2D eigenvalue weighted by Crippen LogP contribution is 2.46. The van der Waals surface area contributed by atoms with Gasteiger partial charge < -0.3 is 24.5 Å². The fourth-order valence-electron chi connectivity index (χ4n) is 4.98. The van der Waals surface area contributed by atoms with Gasteiger partial charge in [-0.05, 0) is 42.5 Å². The van der Waals surface area contributed by atoms with E-state index in [-0.39, 0.29) is 50.7 Å². The van der Waals surface area contributed by atoms with Crippen LogP contribution in [0.2, 0.25) is 5.15 Å². The number of aryl methyl sites for hydroxylation is 1. The standard InChI is InChI=1S/C15H8ClN5O4S2.C10H13N5O4/c16-10-8-7(5-1-3-6(4-2-5)21(23)24)9-11(22)18-15(27)20-13(9)25-12(8)19-14(26)17-10;1-5-3-15(10(18)12-9(5)17)8-2-6(13-14-11)7(4-16)19-8/h1-4,7H,(H,17,19,26)(H2,18,20,22,27);3,6-8,16H,2,4H2,1H3,(H,12,17,18)/t;6-,7+,8+/m.0/s1. The molecule has 1 aromatic carbocycles. The molecule has 5 N–H and O–H groups in total. The number of aromatic nitrogens is 6. The molecule has 5 heterocycles. The number of halogens is 1. The number of nitro benzene ring substituents is 1. The first kappa shape index (κ1) is 32.4. The number of aliphatic hydroxyl groups is 1. The number of hydrogen-bond donors (Lipinski definition) is 5. The Morgan fingerprint density at radius 3 is 2.54 bits per heavy atom. The Bertz CT molecular complexity index is 2190. The maximum Gasteiger partial charge on any atom is 0.330 e. The molecule has 6 rings (SSSR count). The van der Waals surface area contributed by atoms with Crippen molar-refractivity contribution >= 4 is 41.7 Å². The van der Waals surface area contributed by atoms with E-state index in [1.807, 2.05) is 0 Å². The first-order valence-electron chi connectivity index (χ1n) is 13.1. The predicted octanol–water partition coefficient (Wildman–Crippen LogP) is 3.54. The van der Waals surface area contributed by atoms with Gasteiger partial charge in [-0.1, -0.05) is 28.8 Å². The molecule has 2 aliphatic heterocycles. The van der Waals surface area contributed by atoms with Gasteiger partial charge in [-0.15, -0.1) is 0 Å². The lowest BCUT2D eigenvalue weighted by Gasteiger charge is -2.26. The quantitative estimate of drug-likeness (QED) is 0.0339. The minimum absolute atomic E-state index is 0.0793. The zero-order valence-corrected chi connectivity index (χ0v) is 25.7. The summed E-state index contributed by atoms with van der Waals surface area (Å²) < 4.78 is 12.6. The van der Waals surface area contributed by atoms with Crippen LogP contribution in [0.4, 0.5) is 5.69 Å². The Hall–Kier alpha value is -4.98. The highest BCUT2D eigenvalue weighted by atomic mass is 35.5. The van der Waals surface area contributed by atoms with Gasteiger partial charge in [-0.3, -0.25) is 34.2 Å². The zero-order valence-electron chi connectivity index (χ0n) is 23.3. The van der Waals surface area contributed by atoms with Crippen LogP contribution in [0, 0.1) is 26.6 Å². The number of non-ortho nitro benzene ring substituents is 1. The van der Waals surface area contributed by atoms with Gasteiger partial charge in [-0.25, -0.2) is 4.79 Å². The number of aliphatic hydroxyl groups excluding tert-OH is 1. The second kappa shape index (κ2) is 13.2. The summed E-state index contributed by atoms with van der Waals surface area (Å²) in [6, 6.07) is 5.23. The number of nitrogens with one attached hydrogen (secondary N) is 4. The van der Waals surface area contributed by atoms with Gasteiger partial charge in [0.25, 0.3) is 16.8 Å². The number of rotatable bonds is 5. The van der Waals surface area contributed by atoms with Crippen molar-refractivity contribution in [3.8, 4) is 11.8 Å². The zero-order chi connectivity index (χ0) is 33.3. The molecule has 0 radical (unpaired) electrons. The molecule has 18 nitrogen and oxygen atoms in total. The fraction of sp³-hybridized carbons (Fsp3) is 0.280.